The number of allylic oxidation sites excluding steroid dienone is 1. The van der Waals surface area contributed by atoms with Gasteiger partial charge in [0.15, 0.2) is 0 Å². The Hall–Kier alpha value is -0.510. The van der Waals surface area contributed by atoms with E-state index in [0.29, 0.717) is 15.1 Å². The molecule has 0 aliphatic heterocycles. The average Bonchev–Trinajstić information content (AvgIpc) is 2.19. The van der Waals surface area contributed by atoms with Crippen LogP contribution in [0.15, 0.2) is 29.3 Å². The van der Waals surface area contributed by atoms with E-state index in [-0.39, 0.29) is 11.8 Å². The molecule has 3 N–H and O–H groups in total. The van der Waals surface area contributed by atoms with Crippen molar-refractivity contribution in [2.75, 3.05) is 0 Å². The minimum atomic E-state index is -0.224. The number of nitrogens with two attached hydrogens (primary N) is 1. The number of phenolic OH excluding ortho intramolecular Hbond substituents is 1. The highest BCUT2D eigenvalue weighted by Gasteiger charge is 2.13. The molecule has 0 saturated carbocycles. The van der Waals surface area contributed by atoms with Gasteiger partial charge in [-0.2, -0.15) is 0 Å². The molecular formula is C11H13BrClNO. The molecule has 1 aromatic rings. The Morgan fingerprint density at radius 3 is 2.87 bits per heavy atom. The van der Waals surface area contributed by atoms with Crippen LogP contribution in [-0.4, -0.2) is 5.11 Å². The van der Waals surface area contributed by atoms with E-state index in [4.69, 9.17) is 17.3 Å². The van der Waals surface area contributed by atoms with Crippen molar-refractivity contribution in [1.29, 1.82) is 0 Å². The average molecular weight is 291 g/mol. The van der Waals surface area contributed by atoms with Crippen molar-refractivity contribution in [1.82, 2.24) is 0 Å². The zero-order valence-corrected chi connectivity index (χ0v) is 10.6. The summed E-state index contributed by atoms with van der Waals surface area (Å²) in [6.07, 6.45) is 3.35. The number of aromatic hydroxyl groups is 1. The molecule has 0 aliphatic carbocycles. The lowest BCUT2D eigenvalue weighted by Gasteiger charge is -2.14. The van der Waals surface area contributed by atoms with Crippen LogP contribution in [0.1, 0.15) is 24.4 Å². The van der Waals surface area contributed by atoms with Crippen LogP contribution < -0.4 is 5.73 Å². The maximum absolute atomic E-state index is 9.78. The smallest absolute Gasteiger partial charge is 0.134 e. The van der Waals surface area contributed by atoms with Gasteiger partial charge in [-0.25, -0.2) is 0 Å². The summed E-state index contributed by atoms with van der Waals surface area (Å²) < 4.78 is 0.569. The molecule has 4 heteroatoms. The van der Waals surface area contributed by atoms with Crippen molar-refractivity contribution < 1.29 is 5.11 Å². The van der Waals surface area contributed by atoms with E-state index in [2.05, 4.69) is 22.5 Å². The Balaban J connectivity index is 2.96. The van der Waals surface area contributed by atoms with Gasteiger partial charge in [0.2, 0.25) is 0 Å². The Morgan fingerprint density at radius 2 is 2.27 bits per heavy atom. The van der Waals surface area contributed by atoms with E-state index in [1.807, 2.05) is 0 Å². The van der Waals surface area contributed by atoms with Crippen molar-refractivity contribution in [2.45, 2.75) is 18.9 Å². The first-order valence-electron chi connectivity index (χ1n) is 4.60. The van der Waals surface area contributed by atoms with Crippen LogP contribution in [0.3, 0.4) is 0 Å². The van der Waals surface area contributed by atoms with E-state index in [0.717, 1.165) is 12.8 Å². The molecule has 0 heterocycles. The second-order valence-electron chi connectivity index (χ2n) is 3.30. The Bertz CT molecular complexity index is 368. The SMILES string of the molecule is C=CCC[C@@H](N)c1cc(Cl)cc(Br)c1O. The van der Waals surface area contributed by atoms with Crippen molar-refractivity contribution >= 4 is 27.5 Å². The molecule has 0 amide bonds. The summed E-state index contributed by atoms with van der Waals surface area (Å²) >= 11 is 9.11. The molecule has 0 saturated heterocycles. The molecule has 0 aliphatic rings. The van der Waals surface area contributed by atoms with Crippen LogP contribution in [0.2, 0.25) is 5.02 Å². The van der Waals surface area contributed by atoms with Gasteiger partial charge in [-0.1, -0.05) is 17.7 Å². The lowest BCUT2D eigenvalue weighted by Crippen LogP contribution is -2.10. The fourth-order valence-corrected chi connectivity index (χ4v) is 2.16. The molecular weight excluding hydrogens is 277 g/mol. The minimum absolute atomic E-state index is 0.163. The topological polar surface area (TPSA) is 46.2 Å². The molecule has 0 bridgehead atoms. The zero-order chi connectivity index (χ0) is 11.4. The first-order valence-corrected chi connectivity index (χ1v) is 5.77. The predicted molar refractivity (Wildman–Crippen MR) is 67.2 cm³/mol. The first-order chi connectivity index (χ1) is 7.06. The van der Waals surface area contributed by atoms with E-state index < -0.39 is 0 Å². The van der Waals surface area contributed by atoms with Gasteiger partial charge in [-0.05, 0) is 40.9 Å². The standard InChI is InChI=1S/C11H13BrClNO/c1-2-3-4-10(14)8-5-7(13)6-9(12)11(8)15/h2,5-6,10,15H,1,3-4,14H2/t10-/m1/s1. The Kier molecular flexibility index (Phi) is 4.64. The molecule has 82 valence electrons. The van der Waals surface area contributed by atoms with Gasteiger partial charge < -0.3 is 10.8 Å². The van der Waals surface area contributed by atoms with Gasteiger partial charge in [0.25, 0.3) is 0 Å². The summed E-state index contributed by atoms with van der Waals surface area (Å²) in [5, 5.41) is 10.3. The fraction of sp³-hybridized carbons (Fsp3) is 0.273. The predicted octanol–water partition coefficient (Wildman–Crippen LogP) is 3.77. The Morgan fingerprint density at radius 1 is 1.60 bits per heavy atom. The largest absolute Gasteiger partial charge is 0.506 e. The van der Waals surface area contributed by atoms with Crippen LogP contribution in [0.5, 0.6) is 5.75 Å². The van der Waals surface area contributed by atoms with E-state index >= 15 is 0 Å². The quantitative estimate of drug-likeness (QED) is 0.829. The summed E-state index contributed by atoms with van der Waals surface area (Å²) in [6.45, 7) is 3.63. The molecule has 0 unspecified atom stereocenters. The lowest BCUT2D eigenvalue weighted by atomic mass is 10.0. The molecule has 0 aromatic heterocycles. The van der Waals surface area contributed by atoms with Gasteiger partial charge in [0.05, 0.1) is 4.47 Å². The number of halogens is 2. The van der Waals surface area contributed by atoms with Crippen LogP contribution in [0, 0.1) is 0 Å². The second kappa shape index (κ2) is 5.54. The molecule has 2 nitrogen and oxygen atoms in total. The number of benzene rings is 1. The third-order valence-electron chi connectivity index (χ3n) is 2.14. The second-order valence-corrected chi connectivity index (χ2v) is 4.59. The summed E-state index contributed by atoms with van der Waals surface area (Å²) in [5.41, 5.74) is 6.60. The molecule has 0 spiro atoms. The van der Waals surface area contributed by atoms with Gasteiger partial charge in [-0.15, -0.1) is 6.58 Å². The first kappa shape index (κ1) is 12.6. The fourth-order valence-electron chi connectivity index (χ4n) is 1.32. The van der Waals surface area contributed by atoms with Gasteiger partial charge in [0.1, 0.15) is 5.75 Å². The van der Waals surface area contributed by atoms with Crippen LogP contribution in [0.4, 0.5) is 0 Å². The summed E-state index contributed by atoms with van der Waals surface area (Å²) in [5.74, 6) is 0.163. The molecule has 1 atom stereocenters. The molecule has 0 fully saturated rings. The number of hydrogen-bond acceptors (Lipinski definition) is 2. The highest BCUT2D eigenvalue weighted by Crippen LogP contribution is 2.35. The molecule has 15 heavy (non-hydrogen) atoms. The minimum Gasteiger partial charge on any atom is -0.506 e. The van der Waals surface area contributed by atoms with Crippen LogP contribution in [-0.2, 0) is 0 Å². The molecule has 0 radical (unpaired) electrons. The van der Waals surface area contributed by atoms with E-state index in [1.165, 1.54) is 0 Å². The third kappa shape index (κ3) is 3.23. The summed E-state index contributed by atoms with van der Waals surface area (Å²) in [7, 11) is 0. The summed E-state index contributed by atoms with van der Waals surface area (Å²) in [4.78, 5) is 0. The third-order valence-corrected chi connectivity index (χ3v) is 2.96. The Labute approximate surface area is 103 Å². The maximum atomic E-state index is 9.78. The van der Waals surface area contributed by atoms with Gasteiger partial charge in [0, 0.05) is 16.6 Å². The van der Waals surface area contributed by atoms with Gasteiger partial charge >= 0.3 is 0 Å². The van der Waals surface area contributed by atoms with Crippen molar-refractivity contribution in [3.63, 3.8) is 0 Å². The van der Waals surface area contributed by atoms with E-state index in [9.17, 15) is 5.11 Å². The normalized spacial score (nSPS) is 12.5. The van der Waals surface area contributed by atoms with E-state index in [1.54, 1.807) is 18.2 Å². The number of hydrogen-bond donors (Lipinski definition) is 2. The van der Waals surface area contributed by atoms with Crippen molar-refractivity contribution in [2.24, 2.45) is 5.73 Å². The maximum Gasteiger partial charge on any atom is 0.134 e. The van der Waals surface area contributed by atoms with Crippen molar-refractivity contribution in [3.8, 4) is 5.75 Å². The monoisotopic (exact) mass is 289 g/mol. The highest BCUT2D eigenvalue weighted by atomic mass is 79.9. The molecule has 1 rings (SSSR count). The summed E-state index contributed by atoms with van der Waals surface area (Å²) in [6, 6.07) is 3.11. The number of rotatable bonds is 4. The zero-order valence-electron chi connectivity index (χ0n) is 8.21. The van der Waals surface area contributed by atoms with Gasteiger partial charge in [-0.3, -0.25) is 0 Å². The number of phenols is 1. The molecule has 1 aromatic carbocycles. The van der Waals surface area contributed by atoms with Crippen LogP contribution >= 0.6 is 27.5 Å². The van der Waals surface area contributed by atoms with Crippen LogP contribution in [0.25, 0.3) is 0 Å². The lowest BCUT2D eigenvalue weighted by molar-refractivity contribution is 0.455. The highest BCUT2D eigenvalue weighted by molar-refractivity contribution is 9.10. The van der Waals surface area contributed by atoms with Crippen molar-refractivity contribution in [3.05, 3.63) is 39.8 Å².